The largest absolute Gasteiger partial charge is 0.490 e. The van der Waals surface area contributed by atoms with Gasteiger partial charge in [-0.25, -0.2) is 0 Å². The summed E-state index contributed by atoms with van der Waals surface area (Å²) in [7, 11) is 0. The highest BCUT2D eigenvalue weighted by molar-refractivity contribution is 9.10. The molecule has 0 atom stereocenters. The first-order valence-electron chi connectivity index (χ1n) is 8.18. The number of rotatable bonds is 7. The summed E-state index contributed by atoms with van der Waals surface area (Å²) in [6, 6.07) is 24.1. The van der Waals surface area contributed by atoms with Crippen LogP contribution in [0.3, 0.4) is 0 Å². The van der Waals surface area contributed by atoms with Gasteiger partial charge in [-0.3, -0.25) is 4.79 Å². The first-order valence-corrected chi connectivity index (χ1v) is 8.98. The molecular weight excluding hydrogens is 394 g/mol. The second-order valence-corrected chi connectivity index (χ2v) is 6.41. The average Bonchev–Trinajstić information content (AvgIpc) is 2.68. The van der Waals surface area contributed by atoms with Crippen molar-refractivity contribution in [2.24, 2.45) is 0 Å². The van der Waals surface area contributed by atoms with Crippen LogP contribution in [0.25, 0.3) is 0 Å². The minimum absolute atomic E-state index is 0.182. The van der Waals surface area contributed by atoms with Crippen molar-refractivity contribution in [2.75, 3.05) is 18.5 Å². The van der Waals surface area contributed by atoms with Gasteiger partial charge in [-0.05, 0) is 54.6 Å². The molecule has 0 aromatic heterocycles. The van der Waals surface area contributed by atoms with Crippen molar-refractivity contribution in [3.8, 4) is 11.5 Å². The van der Waals surface area contributed by atoms with E-state index < -0.39 is 0 Å². The average molecular weight is 412 g/mol. The molecule has 1 N–H and O–H groups in total. The van der Waals surface area contributed by atoms with Crippen molar-refractivity contribution in [3.63, 3.8) is 0 Å². The lowest BCUT2D eigenvalue weighted by Crippen LogP contribution is -2.13. The molecule has 0 bridgehead atoms. The van der Waals surface area contributed by atoms with Gasteiger partial charge in [-0.2, -0.15) is 0 Å². The SMILES string of the molecule is O=C(Nc1ccc(Br)cc1)c1cccc(OCCOc2ccccc2)c1. The summed E-state index contributed by atoms with van der Waals surface area (Å²) >= 11 is 3.37. The van der Waals surface area contributed by atoms with E-state index in [1.165, 1.54) is 0 Å². The number of ether oxygens (including phenoxy) is 2. The molecule has 3 aromatic carbocycles. The summed E-state index contributed by atoms with van der Waals surface area (Å²) in [6.07, 6.45) is 0. The summed E-state index contributed by atoms with van der Waals surface area (Å²) in [6.45, 7) is 0.825. The van der Waals surface area contributed by atoms with E-state index >= 15 is 0 Å². The quantitative estimate of drug-likeness (QED) is 0.546. The molecule has 0 unspecified atom stereocenters. The van der Waals surface area contributed by atoms with Gasteiger partial charge < -0.3 is 14.8 Å². The fourth-order valence-corrected chi connectivity index (χ4v) is 2.56. The number of anilines is 1. The molecule has 0 spiro atoms. The van der Waals surface area contributed by atoms with Crippen molar-refractivity contribution in [1.82, 2.24) is 0 Å². The third-order valence-electron chi connectivity index (χ3n) is 3.56. The molecule has 132 valence electrons. The predicted octanol–water partition coefficient (Wildman–Crippen LogP) is 5.16. The number of nitrogens with one attached hydrogen (secondary N) is 1. The summed E-state index contributed by atoms with van der Waals surface area (Å²) in [5.74, 6) is 1.25. The highest BCUT2D eigenvalue weighted by Gasteiger charge is 2.07. The second kappa shape index (κ2) is 9.06. The Kier molecular flexibility index (Phi) is 6.28. The Hall–Kier alpha value is -2.79. The van der Waals surface area contributed by atoms with Crippen LogP contribution in [-0.2, 0) is 0 Å². The Morgan fingerprint density at radius 1 is 0.808 bits per heavy atom. The van der Waals surface area contributed by atoms with Gasteiger partial charge in [0.2, 0.25) is 0 Å². The molecule has 0 saturated carbocycles. The van der Waals surface area contributed by atoms with Crippen LogP contribution in [0.2, 0.25) is 0 Å². The Labute approximate surface area is 160 Å². The van der Waals surface area contributed by atoms with E-state index in [0.717, 1.165) is 15.9 Å². The number of hydrogen-bond donors (Lipinski definition) is 1. The number of benzene rings is 3. The molecule has 0 fully saturated rings. The van der Waals surface area contributed by atoms with Crippen molar-refractivity contribution < 1.29 is 14.3 Å². The lowest BCUT2D eigenvalue weighted by molar-refractivity contribution is 0.102. The number of hydrogen-bond acceptors (Lipinski definition) is 3. The first-order chi connectivity index (χ1) is 12.7. The van der Waals surface area contributed by atoms with Crippen LogP contribution in [0.15, 0.2) is 83.3 Å². The number of halogens is 1. The maximum atomic E-state index is 12.4. The van der Waals surface area contributed by atoms with E-state index in [4.69, 9.17) is 9.47 Å². The molecule has 0 saturated heterocycles. The molecule has 3 aromatic rings. The predicted molar refractivity (Wildman–Crippen MR) is 106 cm³/mol. The maximum Gasteiger partial charge on any atom is 0.255 e. The van der Waals surface area contributed by atoms with Crippen molar-refractivity contribution in [3.05, 3.63) is 88.9 Å². The van der Waals surface area contributed by atoms with E-state index in [1.807, 2.05) is 60.7 Å². The summed E-state index contributed by atoms with van der Waals surface area (Å²) in [5.41, 5.74) is 1.27. The molecule has 3 rings (SSSR count). The topological polar surface area (TPSA) is 47.6 Å². The highest BCUT2D eigenvalue weighted by atomic mass is 79.9. The molecular formula is C21H18BrNO3. The van der Waals surface area contributed by atoms with Gasteiger partial charge in [0.05, 0.1) is 0 Å². The lowest BCUT2D eigenvalue weighted by atomic mass is 10.2. The molecule has 0 radical (unpaired) electrons. The number of para-hydroxylation sites is 1. The molecule has 26 heavy (non-hydrogen) atoms. The van der Waals surface area contributed by atoms with Crippen molar-refractivity contribution in [2.45, 2.75) is 0 Å². The van der Waals surface area contributed by atoms with Gasteiger partial charge >= 0.3 is 0 Å². The molecule has 4 nitrogen and oxygen atoms in total. The summed E-state index contributed by atoms with van der Waals surface area (Å²) in [5, 5.41) is 2.86. The van der Waals surface area contributed by atoms with Crippen LogP contribution in [0, 0.1) is 0 Å². The normalized spacial score (nSPS) is 10.2. The standard InChI is InChI=1S/C21H18BrNO3/c22-17-9-11-18(12-10-17)23-21(24)16-5-4-8-20(15-16)26-14-13-25-19-6-2-1-3-7-19/h1-12,15H,13-14H2,(H,23,24). The highest BCUT2D eigenvalue weighted by Crippen LogP contribution is 2.17. The number of amides is 1. The van der Waals surface area contributed by atoms with E-state index in [2.05, 4.69) is 21.2 Å². The van der Waals surface area contributed by atoms with Crippen LogP contribution in [-0.4, -0.2) is 19.1 Å². The van der Waals surface area contributed by atoms with Gasteiger partial charge in [-0.1, -0.05) is 40.2 Å². The summed E-state index contributed by atoms with van der Waals surface area (Å²) in [4.78, 5) is 12.4. The third kappa shape index (κ3) is 5.36. The molecule has 5 heteroatoms. The molecule has 0 heterocycles. The van der Waals surface area contributed by atoms with Gasteiger partial charge in [0, 0.05) is 15.7 Å². The molecule has 1 amide bonds. The Morgan fingerprint density at radius 3 is 2.19 bits per heavy atom. The van der Waals surface area contributed by atoms with Crippen LogP contribution in [0.4, 0.5) is 5.69 Å². The van der Waals surface area contributed by atoms with Crippen LogP contribution >= 0.6 is 15.9 Å². The van der Waals surface area contributed by atoms with Gasteiger partial charge in [-0.15, -0.1) is 0 Å². The Balaban J connectivity index is 1.52. The first kappa shape index (κ1) is 18.0. The van der Waals surface area contributed by atoms with E-state index in [-0.39, 0.29) is 5.91 Å². The van der Waals surface area contributed by atoms with E-state index in [9.17, 15) is 4.79 Å². The zero-order valence-electron chi connectivity index (χ0n) is 14.0. The van der Waals surface area contributed by atoms with E-state index in [0.29, 0.717) is 24.5 Å². The van der Waals surface area contributed by atoms with Crippen molar-refractivity contribution in [1.29, 1.82) is 0 Å². The number of carbonyl (C=O) groups excluding carboxylic acids is 1. The van der Waals surface area contributed by atoms with Gasteiger partial charge in [0.25, 0.3) is 5.91 Å². The Bertz CT molecular complexity index is 851. The zero-order chi connectivity index (χ0) is 18.2. The zero-order valence-corrected chi connectivity index (χ0v) is 15.6. The number of carbonyl (C=O) groups is 1. The third-order valence-corrected chi connectivity index (χ3v) is 4.09. The molecule has 0 aliphatic carbocycles. The van der Waals surface area contributed by atoms with Gasteiger partial charge in [0.15, 0.2) is 0 Å². The van der Waals surface area contributed by atoms with E-state index in [1.54, 1.807) is 18.2 Å². The smallest absolute Gasteiger partial charge is 0.255 e. The summed E-state index contributed by atoms with van der Waals surface area (Å²) < 4.78 is 12.2. The molecule has 0 aliphatic heterocycles. The second-order valence-electron chi connectivity index (χ2n) is 5.50. The minimum atomic E-state index is -0.182. The van der Waals surface area contributed by atoms with Crippen LogP contribution < -0.4 is 14.8 Å². The van der Waals surface area contributed by atoms with Crippen molar-refractivity contribution >= 4 is 27.5 Å². The lowest BCUT2D eigenvalue weighted by Gasteiger charge is -2.10. The van der Waals surface area contributed by atoms with Crippen LogP contribution in [0.5, 0.6) is 11.5 Å². The Morgan fingerprint density at radius 2 is 1.46 bits per heavy atom. The molecule has 0 aliphatic rings. The van der Waals surface area contributed by atoms with Gasteiger partial charge in [0.1, 0.15) is 24.7 Å². The maximum absolute atomic E-state index is 12.4. The fraction of sp³-hybridized carbons (Fsp3) is 0.0952. The fourth-order valence-electron chi connectivity index (χ4n) is 2.30. The monoisotopic (exact) mass is 411 g/mol. The van der Waals surface area contributed by atoms with Crippen LogP contribution in [0.1, 0.15) is 10.4 Å². The minimum Gasteiger partial charge on any atom is -0.490 e.